The van der Waals surface area contributed by atoms with Crippen LogP contribution in [0.2, 0.25) is 0 Å². The number of methoxy groups -OCH3 is 1. The van der Waals surface area contributed by atoms with Crippen molar-refractivity contribution in [1.82, 2.24) is 9.55 Å². The van der Waals surface area contributed by atoms with Gasteiger partial charge in [-0.25, -0.2) is 4.98 Å². The second kappa shape index (κ2) is 5.59. The van der Waals surface area contributed by atoms with Crippen molar-refractivity contribution in [3.63, 3.8) is 0 Å². The molecular weight excluding hydrogens is 307 g/mol. The number of carbonyl (C=O) groups is 1. The summed E-state index contributed by atoms with van der Waals surface area (Å²) in [7, 11) is 0.970. The van der Waals surface area contributed by atoms with Gasteiger partial charge in [0.05, 0.1) is 6.54 Å². The van der Waals surface area contributed by atoms with E-state index in [1.165, 1.54) is 12.4 Å². The molecule has 0 radical (unpaired) electrons. The lowest BCUT2D eigenvalue weighted by Crippen LogP contribution is -2.49. The van der Waals surface area contributed by atoms with E-state index in [0.29, 0.717) is 0 Å². The van der Waals surface area contributed by atoms with Crippen LogP contribution in [0.25, 0.3) is 0 Å². The summed E-state index contributed by atoms with van der Waals surface area (Å²) in [5, 5.41) is 8.71. The Morgan fingerprint density at radius 3 is 2.73 bits per heavy atom. The lowest BCUT2D eigenvalue weighted by atomic mass is 10.0. The Labute approximate surface area is 122 Å². The number of halogens is 3. The van der Waals surface area contributed by atoms with E-state index < -0.39 is 36.4 Å². The van der Waals surface area contributed by atoms with E-state index in [1.54, 1.807) is 0 Å². The van der Waals surface area contributed by atoms with Gasteiger partial charge in [-0.3, -0.25) is 14.2 Å². The highest BCUT2D eigenvalue weighted by Gasteiger charge is 2.59. The maximum absolute atomic E-state index is 13.1. The number of hydrogen-bond acceptors (Lipinski definition) is 5. The number of carboxylic acid groups (broad SMARTS) is 1. The minimum absolute atomic E-state index is 0.0628. The minimum atomic E-state index is -4.58. The van der Waals surface area contributed by atoms with Gasteiger partial charge in [0, 0.05) is 32.5 Å². The second-order valence-electron chi connectivity index (χ2n) is 4.95. The first-order valence-corrected chi connectivity index (χ1v) is 6.34. The van der Waals surface area contributed by atoms with Gasteiger partial charge < -0.3 is 14.7 Å². The maximum Gasteiger partial charge on any atom is 0.419 e. The Kier molecular flexibility index (Phi) is 4.14. The Hall–Kier alpha value is -2.10. The molecule has 1 atom stereocenters. The average molecular weight is 321 g/mol. The molecule has 1 saturated heterocycles. The molecule has 2 rings (SSSR count). The summed E-state index contributed by atoms with van der Waals surface area (Å²) in [4.78, 5) is 27.7. The molecule has 0 bridgehead atoms. The molecule has 0 aromatic carbocycles. The summed E-state index contributed by atoms with van der Waals surface area (Å²) >= 11 is 0. The van der Waals surface area contributed by atoms with Crippen LogP contribution < -0.4 is 10.5 Å². The number of carboxylic acids is 1. The zero-order valence-corrected chi connectivity index (χ0v) is 11.6. The molecule has 22 heavy (non-hydrogen) atoms. The number of rotatable bonds is 4. The van der Waals surface area contributed by atoms with Crippen LogP contribution in [0, 0.1) is 0 Å². The fraction of sp³-hybridized carbons (Fsp3) is 0.583. The molecule has 2 heterocycles. The van der Waals surface area contributed by atoms with Crippen LogP contribution in [0.5, 0.6) is 0 Å². The third-order valence-corrected chi connectivity index (χ3v) is 3.64. The molecule has 122 valence electrons. The van der Waals surface area contributed by atoms with Crippen molar-refractivity contribution in [3.8, 4) is 0 Å². The van der Waals surface area contributed by atoms with Gasteiger partial charge in [-0.05, 0) is 0 Å². The smallest absolute Gasteiger partial charge is 0.419 e. The van der Waals surface area contributed by atoms with E-state index in [9.17, 15) is 22.8 Å². The van der Waals surface area contributed by atoms with Crippen molar-refractivity contribution < 1.29 is 27.8 Å². The van der Waals surface area contributed by atoms with Crippen LogP contribution >= 0.6 is 0 Å². The van der Waals surface area contributed by atoms with Gasteiger partial charge in [-0.2, -0.15) is 13.2 Å². The van der Waals surface area contributed by atoms with Crippen LogP contribution in [0.3, 0.4) is 0 Å². The van der Waals surface area contributed by atoms with Crippen molar-refractivity contribution in [1.29, 1.82) is 0 Å². The third-order valence-electron chi connectivity index (χ3n) is 3.64. The third kappa shape index (κ3) is 2.78. The lowest BCUT2D eigenvalue weighted by molar-refractivity contribution is -0.260. The predicted molar refractivity (Wildman–Crippen MR) is 68.8 cm³/mol. The maximum atomic E-state index is 13.1. The van der Waals surface area contributed by atoms with Gasteiger partial charge in [0.25, 0.3) is 5.56 Å². The lowest BCUT2D eigenvalue weighted by Gasteiger charge is -2.30. The Morgan fingerprint density at radius 1 is 1.55 bits per heavy atom. The molecule has 1 fully saturated rings. The fourth-order valence-corrected chi connectivity index (χ4v) is 2.40. The highest BCUT2D eigenvalue weighted by Crippen LogP contribution is 2.40. The molecular formula is C12H14F3N3O4. The molecule has 1 unspecified atom stereocenters. The number of anilines is 1. The van der Waals surface area contributed by atoms with E-state index >= 15 is 0 Å². The number of hydrogen-bond donors (Lipinski definition) is 1. The van der Waals surface area contributed by atoms with Crippen molar-refractivity contribution >= 4 is 11.8 Å². The van der Waals surface area contributed by atoms with E-state index in [2.05, 4.69) is 9.72 Å². The summed E-state index contributed by atoms with van der Waals surface area (Å²) in [6.07, 6.45) is -2.56. The fourth-order valence-electron chi connectivity index (χ4n) is 2.40. The number of alkyl halides is 3. The van der Waals surface area contributed by atoms with Crippen molar-refractivity contribution in [2.24, 2.45) is 0 Å². The zero-order valence-electron chi connectivity index (χ0n) is 11.6. The average Bonchev–Trinajstić information content (AvgIpc) is 2.86. The largest absolute Gasteiger partial charge is 0.480 e. The molecule has 10 heteroatoms. The standard InChI is InChI=1S/C12H14F3N3O4/c1-22-11(12(13,14)15)2-4-18(7-11)9-10(21)17(5-3-16-9)6-8(19)20/h3,5H,2,4,6-7H2,1H3,(H,19,20). The Bertz CT molecular complexity index is 631. The van der Waals surface area contributed by atoms with Gasteiger partial charge in [0.15, 0.2) is 11.4 Å². The second-order valence-corrected chi connectivity index (χ2v) is 4.95. The van der Waals surface area contributed by atoms with Gasteiger partial charge in [-0.15, -0.1) is 0 Å². The van der Waals surface area contributed by atoms with E-state index in [0.717, 1.165) is 16.6 Å². The highest BCUT2D eigenvalue weighted by atomic mass is 19.4. The summed E-state index contributed by atoms with van der Waals surface area (Å²) in [6, 6.07) is 0. The van der Waals surface area contributed by atoms with Gasteiger partial charge >= 0.3 is 12.1 Å². The van der Waals surface area contributed by atoms with Crippen LogP contribution in [0.15, 0.2) is 17.2 Å². The van der Waals surface area contributed by atoms with Gasteiger partial charge in [0.1, 0.15) is 6.54 Å². The van der Waals surface area contributed by atoms with E-state index in [-0.39, 0.29) is 18.8 Å². The summed E-state index contributed by atoms with van der Waals surface area (Å²) in [5.41, 5.74) is -3.10. The van der Waals surface area contributed by atoms with Crippen LogP contribution in [0.1, 0.15) is 6.42 Å². The van der Waals surface area contributed by atoms with Crippen LogP contribution in [-0.4, -0.2) is 52.6 Å². The zero-order chi connectivity index (χ0) is 16.5. The molecule has 1 N–H and O–H groups in total. The Morgan fingerprint density at radius 2 is 2.23 bits per heavy atom. The molecule has 0 aliphatic carbocycles. The summed E-state index contributed by atoms with van der Waals surface area (Å²) in [6.45, 7) is -1.21. The van der Waals surface area contributed by atoms with E-state index in [4.69, 9.17) is 5.11 Å². The van der Waals surface area contributed by atoms with Gasteiger partial charge in [0.2, 0.25) is 0 Å². The molecule has 1 aliphatic heterocycles. The SMILES string of the molecule is COC1(C(F)(F)F)CCN(c2nccn(CC(=O)O)c2=O)C1. The predicted octanol–water partition coefficient (Wildman–Crippen LogP) is 0.485. The molecule has 1 aromatic heterocycles. The van der Waals surface area contributed by atoms with Crippen molar-refractivity contribution in [3.05, 3.63) is 22.7 Å². The first-order chi connectivity index (χ1) is 10.2. The first-order valence-electron chi connectivity index (χ1n) is 6.34. The molecule has 0 amide bonds. The molecule has 7 nitrogen and oxygen atoms in total. The van der Waals surface area contributed by atoms with Crippen molar-refractivity contribution in [2.45, 2.75) is 24.7 Å². The highest BCUT2D eigenvalue weighted by molar-refractivity contribution is 5.66. The van der Waals surface area contributed by atoms with Crippen LogP contribution in [0.4, 0.5) is 19.0 Å². The quantitative estimate of drug-likeness (QED) is 0.868. The molecule has 0 saturated carbocycles. The van der Waals surface area contributed by atoms with Crippen molar-refractivity contribution in [2.75, 3.05) is 25.1 Å². The summed E-state index contributed by atoms with van der Waals surface area (Å²) < 4.78 is 44.9. The van der Waals surface area contributed by atoms with Crippen LogP contribution in [-0.2, 0) is 16.1 Å². The number of ether oxygens (including phenoxy) is 1. The first kappa shape index (κ1) is 16.3. The van der Waals surface area contributed by atoms with Gasteiger partial charge in [-0.1, -0.05) is 0 Å². The molecule has 0 spiro atoms. The Balaban J connectivity index is 2.32. The summed E-state index contributed by atoms with van der Waals surface area (Å²) in [5.74, 6) is -1.45. The number of nitrogens with zero attached hydrogens (tertiary/aromatic N) is 3. The molecule has 1 aliphatic rings. The topological polar surface area (TPSA) is 84.7 Å². The van der Waals surface area contributed by atoms with E-state index in [1.807, 2.05) is 0 Å². The number of aromatic nitrogens is 2. The molecule has 1 aromatic rings. The monoisotopic (exact) mass is 321 g/mol. The number of aliphatic carboxylic acids is 1. The minimum Gasteiger partial charge on any atom is -0.480 e. The normalized spacial score (nSPS) is 22.1.